The lowest BCUT2D eigenvalue weighted by molar-refractivity contribution is -0.144. The van der Waals surface area contributed by atoms with Gasteiger partial charge >= 0.3 is 0 Å². The van der Waals surface area contributed by atoms with Crippen LogP contribution in [0.2, 0.25) is 0 Å². The van der Waals surface area contributed by atoms with E-state index in [0.29, 0.717) is 29.0 Å². The van der Waals surface area contributed by atoms with Gasteiger partial charge in [-0.2, -0.15) is 5.01 Å². The van der Waals surface area contributed by atoms with Gasteiger partial charge in [0.15, 0.2) is 0 Å². The zero-order chi connectivity index (χ0) is 34.6. The van der Waals surface area contributed by atoms with E-state index in [2.05, 4.69) is 11.5 Å². The summed E-state index contributed by atoms with van der Waals surface area (Å²) in [6.45, 7) is 1.83. The van der Waals surface area contributed by atoms with Gasteiger partial charge in [-0.1, -0.05) is 97.1 Å². The first-order valence-corrected chi connectivity index (χ1v) is 18.0. The second kappa shape index (κ2) is 12.8. The third-order valence-electron chi connectivity index (χ3n) is 11.9. The smallest absolute Gasteiger partial charge is 0.260 e. The molecule has 0 radical (unpaired) electrons. The molecule has 4 fully saturated rings. The Morgan fingerprint density at radius 1 is 0.840 bits per heavy atom. The van der Waals surface area contributed by atoms with Crippen LogP contribution in [0.3, 0.4) is 0 Å². The Hall–Kier alpha value is -4.76. The second-order valence-corrected chi connectivity index (χ2v) is 14.5. The normalized spacial score (nSPS) is 29.4. The van der Waals surface area contributed by atoms with Crippen molar-refractivity contribution in [3.05, 3.63) is 107 Å². The van der Waals surface area contributed by atoms with Gasteiger partial charge in [0.2, 0.25) is 11.8 Å². The molecule has 0 spiro atoms. The Morgan fingerprint density at radius 2 is 1.56 bits per heavy atom. The van der Waals surface area contributed by atoms with E-state index in [9.17, 15) is 19.5 Å². The summed E-state index contributed by atoms with van der Waals surface area (Å²) in [5, 5.41) is 10.9. The molecule has 0 bridgehead atoms. The Bertz CT molecular complexity index is 1850. The zero-order valence-electron chi connectivity index (χ0n) is 28.3. The van der Waals surface area contributed by atoms with E-state index in [1.54, 1.807) is 4.90 Å². The SMILES string of the molecule is Cc1ccc(NN2C(=O)C3CC4C(=CCC5C(=O)N(C6CCCCC6)C(=O)C54)C(c4ccccc4OCCO)C3(c3ccccc3)C2=O)cc1. The lowest BCUT2D eigenvalue weighted by Crippen LogP contribution is -2.53. The number of hydrogen-bond acceptors (Lipinski definition) is 7. The number of benzene rings is 3. The van der Waals surface area contributed by atoms with E-state index in [1.165, 1.54) is 5.01 Å². The molecule has 50 heavy (non-hydrogen) atoms. The molecular weight excluding hydrogens is 630 g/mol. The minimum absolute atomic E-state index is 0.0516. The van der Waals surface area contributed by atoms with Crippen molar-refractivity contribution in [2.24, 2.45) is 23.7 Å². The molecule has 2 saturated carbocycles. The number of imide groups is 2. The van der Waals surface area contributed by atoms with Gasteiger partial charge in [0.1, 0.15) is 12.4 Å². The summed E-state index contributed by atoms with van der Waals surface area (Å²) >= 11 is 0. The highest BCUT2D eigenvalue weighted by Crippen LogP contribution is 2.65. The van der Waals surface area contributed by atoms with Crippen molar-refractivity contribution in [3.8, 4) is 5.75 Å². The third kappa shape index (κ3) is 4.92. The molecule has 3 aliphatic carbocycles. The largest absolute Gasteiger partial charge is 0.491 e. The topological polar surface area (TPSA) is 116 Å². The van der Waals surface area contributed by atoms with Crippen molar-refractivity contribution in [1.82, 2.24) is 9.91 Å². The highest BCUT2D eigenvalue weighted by Gasteiger charge is 2.70. The number of nitrogens with one attached hydrogen (secondary N) is 1. The van der Waals surface area contributed by atoms with Crippen LogP contribution in [0.1, 0.15) is 67.6 Å². The maximum atomic E-state index is 15.3. The van der Waals surface area contributed by atoms with E-state index in [1.807, 2.05) is 85.8 Å². The lowest BCUT2D eigenvalue weighted by Gasteiger charge is -2.50. The number of ether oxygens (including phenoxy) is 1. The molecule has 6 unspecified atom stereocenters. The number of nitrogens with zero attached hydrogens (tertiary/aromatic N) is 2. The van der Waals surface area contributed by atoms with E-state index in [-0.39, 0.29) is 49.3 Å². The minimum atomic E-state index is -1.38. The number of hydrogen-bond donors (Lipinski definition) is 2. The van der Waals surface area contributed by atoms with Gasteiger partial charge in [0.05, 0.1) is 35.5 Å². The molecule has 2 heterocycles. The molecule has 5 aliphatic rings. The highest BCUT2D eigenvalue weighted by molar-refractivity contribution is 6.13. The quantitative estimate of drug-likeness (QED) is 0.233. The summed E-state index contributed by atoms with van der Waals surface area (Å²) in [5.41, 5.74) is 5.75. The maximum absolute atomic E-state index is 15.3. The van der Waals surface area contributed by atoms with Crippen LogP contribution in [0.5, 0.6) is 5.75 Å². The summed E-state index contributed by atoms with van der Waals surface area (Å²) in [6, 6.07) is 24.4. The van der Waals surface area contributed by atoms with Crippen LogP contribution >= 0.6 is 0 Å². The monoisotopic (exact) mass is 673 g/mol. The van der Waals surface area contributed by atoms with Crippen molar-refractivity contribution >= 4 is 29.3 Å². The van der Waals surface area contributed by atoms with Crippen LogP contribution in [0.15, 0.2) is 90.5 Å². The van der Waals surface area contributed by atoms with Gasteiger partial charge in [-0.25, -0.2) is 0 Å². The summed E-state index contributed by atoms with van der Waals surface area (Å²) in [6.07, 6.45) is 7.50. The number of para-hydroxylation sites is 1. The number of hydrazine groups is 1. The molecule has 8 rings (SSSR count). The fourth-order valence-electron chi connectivity index (χ4n) is 9.82. The van der Waals surface area contributed by atoms with Crippen molar-refractivity contribution in [2.45, 2.75) is 69.2 Å². The first kappa shape index (κ1) is 32.4. The number of aryl methyl sites for hydroxylation is 1. The number of fused-ring (bicyclic) bond motifs is 4. The van der Waals surface area contributed by atoms with E-state index >= 15 is 4.79 Å². The molecule has 258 valence electrons. The van der Waals surface area contributed by atoms with Crippen LogP contribution in [0.25, 0.3) is 0 Å². The van der Waals surface area contributed by atoms with Gasteiger partial charge in [-0.3, -0.25) is 29.5 Å². The summed E-state index contributed by atoms with van der Waals surface area (Å²) < 4.78 is 6.13. The number of aliphatic hydroxyl groups excluding tert-OH is 1. The van der Waals surface area contributed by atoms with Gasteiger partial charge < -0.3 is 9.84 Å². The number of allylic oxidation sites excluding steroid dienone is 2. The van der Waals surface area contributed by atoms with Crippen molar-refractivity contribution in [3.63, 3.8) is 0 Å². The average molecular weight is 674 g/mol. The van der Waals surface area contributed by atoms with E-state index < -0.39 is 35.0 Å². The standard InChI is InChI=1S/C41H43N3O6/c1-25-16-18-27(19-17-25)42-44-38(47)33-24-32-29(20-21-31-35(32)39(48)43(37(31)46)28-12-6-3-7-13-28)36(30-14-8-9-15-34(30)50-23-22-45)41(33,40(44)49)26-10-4-2-5-11-26/h2,4-5,8-11,14-20,28,31-33,35-36,42,45H,3,6-7,12-13,21-24H2,1H3. The molecule has 0 aromatic heterocycles. The molecule has 4 amide bonds. The predicted octanol–water partition coefficient (Wildman–Crippen LogP) is 5.68. The van der Waals surface area contributed by atoms with Crippen LogP contribution in [-0.2, 0) is 24.6 Å². The van der Waals surface area contributed by atoms with Gasteiger partial charge in [-0.05, 0) is 62.3 Å². The molecular formula is C41H43N3O6. The fraction of sp³-hybridized carbons (Fsp3) is 0.415. The number of carbonyl (C=O) groups is 4. The van der Waals surface area contributed by atoms with Gasteiger partial charge in [-0.15, -0.1) is 0 Å². The first-order valence-electron chi connectivity index (χ1n) is 18.0. The predicted molar refractivity (Wildman–Crippen MR) is 187 cm³/mol. The Labute approximate surface area is 292 Å². The summed E-state index contributed by atoms with van der Waals surface area (Å²) in [4.78, 5) is 60.3. The molecule has 6 atom stereocenters. The zero-order valence-corrected chi connectivity index (χ0v) is 28.3. The second-order valence-electron chi connectivity index (χ2n) is 14.5. The minimum Gasteiger partial charge on any atom is -0.491 e. The van der Waals surface area contributed by atoms with Gasteiger partial charge in [0.25, 0.3) is 11.8 Å². The molecule has 3 aromatic carbocycles. The Balaban J connectivity index is 1.31. The molecule has 2 saturated heterocycles. The lowest BCUT2D eigenvalue weighted by atomic mass is 9.49. The molecule has 3 aromatic rings. The average Bonchev–Trinajstić information content (AvgIpc) is 3.53. The Kier molecular flexibility index (Phi) is 8.34. The number of carbonyl (C=O) groups excluding carboxylic acids is 4. The van der Waals surface area contributed by atoms with Crippen LogP contribution in [-0.4, -0.2) is 57.9 Å². The number of likely N-dealkylation sites (tertiary alicyclic amines) is 1. The third-order valence-corrected chi connectivity index (χ3v) is 11.9. The molecule has 9 heteroatoms. The number of anilines is 1. The van der Waals surface area contributed by atoms with E-state index in [0.717, 1.165) is 43.2 Å². The molecule has 2 aliphatic heterocycles. The van der Waals surface area contributed by atoms with Gasteiger partial charge in [0, 0.05) is 17.5 Å². The van der Waals surface area contributed by atoms with Crippen molar-refractivity contribution in [1.29, 1.82) is 0 Å². The summed E-state index contributed by atoms with van der Waals surface area (Å²) in [5.74, 6) is -3.49. The van der Waals surface area contributed by atoms with Crippen LogP contribution in [0.4, 0.5) is 5.69 Å². The number of amides is 4. The van der Waals surface area contributed by atoms with Crippen LogP contribution in [0, 0.1) is 30.6 Å². The summed E-state index contributed by atoms with van der Waals surface area (Å²) in [7, 11) is 0. The molecule has 2 N–H and O–H groups in total. The van der Waals surface area contributed by atoms with E-state index in [4.69, 9.17) is 4.74 Å². The van der Waals surface area contributed by atoms with Crippen molar-refractivity contribution in [2.75, 3.05) is 18.6 Å². The highest BCUT2D eigenvalue weighted by atomic mass is 16.5. The fourth-order valence-corrected chi connectivity index (χ4v) is 9.82. The number of aliphatic hydroxyl groups is 1. The Morgan fingerprint density at radius 3 is 2.30 bits per heavy atom. The first-order chi connectivity index (χ1) is 24.4. The number of rotatable bonds is 8. The van der Waals surface area contributed by atoms with Crippen LogP contribution < -0.4 is 10.2 Å². The molecule has 9 nitrogen and oxygen atoms in total. The maximum Gasteiger partial charge on any atom is 0.260 e. The van der Waals surface area contributed by atoms with Crippen molar-refractivity contribution < 1.29 is 29.0 Å².